The number of aryl methyl sites for hydroxylation is 1. The zero-order valence-electron chi connectivity index (χ0n) is 11.5. The van der Waals surface area contributed by atoms with Gasteiger partial charge in [0.15, 0.2) is 0 Å². The third-order valence-electron chi connectivity index (χ3n) is 2.67. The topological polar surface area (TPSA) is 75.0 Å². The first kappa shape index (κ1) is 15.3. The van der Waals surface area contributed by atoms with Crippen molar-refractivity contribution in [3.63, 3.8) is 0 Å². The van der Waals surface area contributed by atoms with E-state index in [-0.39, 0.29) is 12.4 Å². The maximum absolute atomic E-state index is 12.1. The Morgan fingerprint density at radius 2 is 2.14 bits per heavy atom. The molecule has 2 aromatic rings. The highest BCUT2D eigenvalue weighted by atomic mass is 31.2. The zero-order chi connectivity index (χ0) is 15.5. The summed E-state index contributed by atoms with van der Waals surface area (Å²) in [6, 6.07) is 6.08. The fourth-order valence-corrected chi connectivity index (χ4v) is 2.56. The summed E-state index contributed by atoms with van der Waals surface area (Å²) < 4.78 is 32.0. The van der Waals surface area contributed by atoms with Gasteiger partial charge < -0.3 is 8.94 Å². The Hall–Kier alpha value is -2.06. The molecule has 0 bridgehead atoms. The van der Waals surface area contributed by atoms with Crippen LogP contribution in [0, 0.1) is 19.3 Å². The molecule has 1 heterocycles. The smallest absolute Gasteiger partial charge is 0.423 e. The first-order chi connectivity index (χ1) is 9.97. The third-order valence-corrected chi connectivity index (χ3v) is 4.00. The van der Waals surface area contributed by atoms with E-state index in [4.69, 9.17) is 24.4 Å². The summed E-state index contributed by atoms with van der Waals surface area (Å²) in [5.41, 5.74) is 0.610. The zero-order valence-corrected chi connectivity index (χ0v) is 12.4. The molecule has 21 heavy (non-hydrogen) atoms. The van der Waals surface area contributed by atoms with Crippen molar-refractivity contribution in [3.05, 3.63) is 40.2 Å². The predicted octanol–water partition coefficient (Wildman–Crippen LogP) is 2.88. The summed E-state index contributed by atoms with van der Waals surface area (Å²) in [5.74, 6) is 2.35. The Morgan fingerprint density at radius 1 is 1.38 bits per heavy atom. The average molecular weight is 308 g/mol. The first-order valence-corrected chi connectivity index (χ1v) is 7.41. The molecule has 0 aliphatic rings. The monoisotopic (exact) mass is 308 g/mol. The van der Waals surface area contributed by atoms with Crippen LogP contribution < -0.4 is 10.1 Å². The van der Waals surface area contributed by atoms with E-state index >= 15 is 0 Å². The molecule has 0 N–H and O–H groups in total. The Bertz CT molecular complexity index is 801. The van der Waals surface area contributed by atoms with E-state index in [2.05, 4.69) is 5.92 Å². The first-order valence-electron chi connectivity index (χ1n) is 5.95. The maximum Gasteiger partial charge on any atom is 0.530 e. The standard InChI is InChI=1S/C14H13O6P/c1-4-7-18-21(16,17-3)20-11-5-6-12-10(2)8-14(15)19-13(12)9-11/h1,5-6,8-9H,7H2,2-3H3. The molecule has 110 valence electrons. The van der Waals surface area contributed by atoms with Gasteiger partial charge >= 0.3 is 13.4 Å². The number of rotatable bonds is 5. The Balaban J connectivity index is 2.37. The Labute approximate surface area is 121 Å². The van der Waals surface area contributed by atoms with Crippen molar-refractivity contribution in [3.8, 4) is 18.1 Å². The molecule has 0 aliphatic heterocycles. The number of hydrogen-bond acceptors (Lipinski definition) is 6. The molecule has 1 aromatic carbocycles. The van der Waals surface area contributed by atoms with Gasteiger partial charge in [0.2, 0.25) is 0 Å². The van der Waals surface area contributed by atoms with Gasteiger partial charge in [0, 0.05) is 24.6 Å². The van der Waals surface area contributed by atoms with Gasteiger partial charge in [0.05, 0.1) is 0 Å². The molecule has 0 aliphatic carbocycles. The minimum absolute atomic E-state index is 0.179. The van der Waals surface area contributed by atoms with Gasteiger partial charge in [-0.05, 0) is 24.6 Å². The summed E-state index contributed by atoms with van der Waals surface area (Å²) in [4.78, 5) is 11.4. The number of phosphoric ester groups is 1. The number of terminal acetylenes is 1. The van der Waals surface area contributed by atoms with Crippen molar-refractivity contribution in [2.24, 2.45) is 0 Å². The van der Waals surface area contributed by atoms with Crippen LogP contribution in [0.5, 0.6) is 5.75 Å². The maximum atomic E-state index is 12.1. The van der Waals surface area contributed by atoms with Crippen LogP contribution in [0.4, 0.5) is 0 Å². The van der Waals surface area contributed by atoms with E-state index in [1.807, 2.05) is 0 Å². The number of phosphoric acid groups is 1. The Kier molecular flexibility index (Phi) is 4.49. The summed E-state index contributed by atoms with van der Waals surface area (Å²) in [7, 11) is -2.62. The minimum atomic E-state index is -3.80. The summed E-state index contributed by atoms with van der Waals surface area (Å²) in [6.45, 7) is 1.57. The molecule has 1 aromatic heterocycles. The van der Waals surface area contributed by atoms with Crippen molar-refractivity contribution < 1.29 is 22.6 Å². The molecule has 1 unspecified atom stereocenters. The van der Waals surface area contributed by atoms with E-state index in [1.165, 1.54) is 19.2 Å². The second-order valence-corrected chi connectivity index (χ2v) is 5.81. The second kappa shape index (κ2) is 6.15. The van der Waals surface area contributed by atoms with Crippen LogP contribution in [-0.4, -0.2) is 13.7 Å². The van der Waals surface area contributed by atoms with E-state index in [0.29, 0.717) is 5.58 Å². The molecule has 0 spiro atoms. The summed E-state index contributed by atoms with van der Waals surface area (Å²) >= 11 is 0. The van der Waals surface area contributed by atoms with Crippen molar-refractivity contribution in [2.45, 2.75) is 6.92 Å². The van der Waals surface area contributed by atoms with Gasteiger partial charge in [-0.25, -0.2) is 9.36 Å². The molecule has 7 heteroatoms. The fraction of sp³-hybridized carbons (Fsp3) is 0.214. The lowest BCUT2D eigenvalue weighted by atomic mass is 10.1. The van der Waals surface area contributed by atoms with Gasteiger partial charge in [-0.15, -0.1) is 6.42 Å². The molecular weight excluding hydrogens is 295 g/mol. The Morgan fingerprint density at radius 3 is 2.81 bits per heavy atom. The quantitative estimate of drug-likeness (QED) is 0.480. The van der Waals surface area contributed by atoms with Gasteiger partial charge in [-0.2, -0.15) is 0 Å². The molecule has 1 atom stereocenters. The van der Waals surface area contributed by atoms with Crippen LogP contribution in [-0.2, 0) is 13.6 Å². The van der Waals surface area contributed by atoms with Crippen LogP contribution in [0.3, 0.4) is 0 Å². The third kappa shape index (κ3) is 3.53. The van der Waals surface area contributed by atoms with Crippen LogP contribution >= 0.6 is 7.82 Å². The van der Waals surface area contributed by atoms with Crippen LogP contribution in [0.15, 0.2) is 33.5 Å². The highest BCUT2D eigenvalue weighted by Crippen LogP contribution is 2.48. The molecule has 0 radical (unpaired) electrons. The van der Waals surface area contributed by atoms with E-state index in [0.717, 1.165) is 10.9 Å². The highest BCUT2D eigenvalue weighted by molar-refractivity contribution is 7.48. The van der Waals surface area contributed by atoms with Crippen molar-refractivity contribution in [1.29, 1.82) is 0 Å². The van der Waals surface area contributed by atoms with Crippen LogP contribution in [0.2, 0.25) is 0 Å². The molecule has 0 fully saturated rings. The van der Waals surface area contributed by atoms with E-state index in [9.17, 15) is 9.36 Å². The van der Waals surface area contributed by atoms with Crippen molar-refractivity contribution >= 4 is 18.8 Å². The predicted molar refractivity (Wildman–Crippen MR) is 77.2 cm³/mol. The molecule has 2 rings (SSSR count). The van der Waals surface area contributed by atoms with Crippen LogP contribution in [0.25, 0.3) is 11.0 Å². The number of hydrogen-bond donors (Lipinski definition) is 0. The lowest BCUT2D eigenvalue weighted by Crippen LogP contribution is -2.01. The summed E-state index contributed by atoms with van der Waals surface area (Å²) in [5, 5.41) is 0.749. The molecule has 6 nitrogen and oxygen atoms in total. The van der Waals surface area contributed by atoms with Crippen LogP contribution in [0.1, 0.15) is 5.56 Å². The lowest BCUT2D eigenvalue weighted by molar-refractivity contribution is 0.197. The van der Waals surface area contributed by atoms with E-state index < -0.39 is 13.4 Å². The molecule has 0 saturated carbocycles. The highest BCUT2D eigenvalue weighted by Gasteiger charge is 2.26. The van der Waals surface area contributed by atoms with Gasteiger partial charge in [-0.3, -0.25) is 9.05 Å². The number of benzene rings is 1. The number of fused-ring (bicyclic) bond motifs is 1. The van der Waals surface area contributed by atoms with Gasteiger partial charge in [-0.1, -0.05) is 5.92 Å². The van der Waals surface area contributed by atoms with Crippen molar-refractivity contribution in [1.82, 2.24) is 0 Å². The largest absolute Gasteiger partial charge is 0.530 e. The second-order valence-electron chi connectivity index (χ2n) is 4.11. The average Bonchev–Trinajstić information content (AvgIpc) is 2.44. The molecular formula is C14H13O6P. The SMILES string of the molecule is C#CCOP(=O)(OC)Oc1ccc2c(C)cc(=O)oc2c1. The summed E-state index contributed by atoms with van der Waals surface area (Å²) in [6.07, 6.45) is 5.03. The normalized spacial score (nSPS) is 13.6. The molecule has 0 saturated heterocycles. The van der Waals surface area contributed by atoms with Gasteiger partial charge in [0.1, 0.15) is 17.9 Å². The van der Waals surface area contributed by atoms with Gasteiger partial charge in [0.25, 0.3) is 0 Å². The lowest BCUT2D eigenvalue weighted by Gasteiger charge is -2.15. The minimum Gasteiger partial charge on any atom is -0.423 e. The van der Waals surface area contributed by atoms with E-state index in [1.54, 1.807) is 19.1 Å². The fourth-order valence-electron chi connectivity index (χ4n) is 1.72. The molecule has 0 amide bonds. The van der Waals surface area contributed by atoms with Crippen molar-refractivity contribution in [2.75, 3.05) is 13.7 Å².